The van der Waals surface area contributed by atoms with Gasteiger partial charge in [-0.2, -0.15) is 0 Å². The van der Waals surface area contributed by atoms with Crippen LogP contribution in [0.3, 0.4) is 0 Å². The van der Waals surface area contributed by atoms with Crippen LogP contribution in [0, 0.1) is 0 Å². The molecule has 6 heteroatoms. The monoisotopic (exact) mass is 313 g/mol. The van der Waals surface area contributed by atoms with Crippen LogP contribution in [-0.4, -0.2) is 33.5 Å². The number of para-hydroxylation sites is 1. The molecule has 1 fully saturated rings. The minimum Gasteiger partial charge on any atom is -0.324 e. The first-order valence-electron chi connectivity index (χ1n) is 8.22. The summed E-state index contributed by atoms with van der Waals surface area (Å²) in [5.41, 5.74) is 1.72. The Morgan fingerprint density at radius 3 is 2.96 bits per heavy atom. The smallest absolute Gasteiger partial charge is 0.249 e. The van der Waals surface area contributed by atoms with E-state index in [9.17, 15) is 4.79 Å². The predicted molar refractivity (Wildman–Crippen MR) is 89.2 cm³/mol. The Morgan fingerprint density at radius 2 is 2.22 bits per heavy atom. The molecule has 0 saturated carbocycles. The van der Waals surface area contributed by atoms with Crippen LogP contribution in [0.15, 0.2) is 36.5 Å². The van der Waals surface area contributed by atoms with Gasteiger partial charge in [-0.15, -0.1) is 5.10 Å². The van der Waals surface area contributed by atoms with Gasteiger partial charge in [0.15, 0.2) is 0 Å². The first-order chi connectivity index (χ1) is 11.2. The second-order valence-electron chi connectivity index (χ2n) is 6.07. The van der Waals surface area contributed by atoms with Gasteiger partial charge in [0, 0.05) is 24.3 Å². The number of nitrogens with zero attached hydrogens (tertiary/aromatic N) is 3. The zero-order chi connectivity index (χ0) is 16.1. The standard InChI is InChI=1S/C17H23N5O/c1-13(17(23)19-14-7-3-2-4-8-14)22-12-16(20-21-22)11-15-9-5-6-10-18-15/h2-4,7-8,12-13,15,18H,5-6,9-11H2,1H3,(H,19,23). The van der Waals surface area contributed by atoms with Gasteiger partial charge in [0.05, 0.1) is 5.69 Å². The second-order valence-corrected chi connectivity index (χ2v) is 6.07. The summed E-state index contributed by atoms with van der Waals surface area (Å²) < 4.78 is 1.64. The quantitative estimate of drug-likeness (QED) is 0.887. The number of amides is 1. The molecule has 2 aromatic rings. The number of carbonyl (C=O) groups excluding carboxylic acids is 1. The molecule has 1 aliphatic heterocycles. The van der Waals surface area contributed by atoms with Crippen LogP contribution >= 0.6 is 0 Å². The van der Waals surface area contributed by atoms with Gasteiger partial charge in [-0.25, -0.2) is 4.68 Å². The molecule has 0 bridgehead atoms. The van der Waals surface area contributed by atoms with Gasteiger partial charge in [0.25, 0.3) is 0 Å². The number of piperidine rings is 1. The SMILES string of the molecule is CC(C(=O)Nc1ccccc1)n1cc(CC2CCCCN2)nn1. The van der Waals surface area contributed by atoms with E-state index in [1.165, 1.54) is 19.3 Å². The van der Waals surface area contributed by atoms with Crippen molar-refractivity contribution in [1.29, 1.82) is 0 Å². The summed E-state index contributed by atoms with van der Waals surface area (Å²) in [4.78, 5) is 12.3. The number of hydrogen-bond acceptors (Lipinski definition) is 4. The lowest BCUT2D eigenvalue weighted by molar-refractivity contribution is -0.119. The van der Waals surface area contributed by atoms with E-state index in [0.717, 1.165) is 24.3 Å². The molecule has 3 rings (SSSR count). The van der Waals surface area contributed by atoms with Gasteiger partial charge in [-0.05, 0) is 38.4 Å². The summed E-state index contributed by atoms with van der Waals surface area (Å²) in [6, 6.07) is 9.52. The average molecular weight is 313 g/mol. The maximum atomic E-state index is 12.3. The molecule has 0 spiro atoms. The van der Waals surface area contributed by atoms with Crippen LogP contribution in [0.4, 0.5) is 5.69 Å². The third kappa shape index (κ3) is 4.16. The normalized spacial score (nSPS) is 19.3. The molecule has 23 heavy (non-hydrogen) atoms. The zero-order valence-corrected chi connectivity index (χ0v) is 13.4. The van der Waals surface area contributed by atoms with Crippen molar-refractivity contribution in [3.63, 3.8) is 0 Å². The molecule has 1 amide bonds. The van der Waals surface area contributed by atoms with Crippen LogP contribution in [-0.2, 0) is 11.2 Å². The molecule has 1 saturated heterocycles. The molecule has 0 aliphatic carbocycles. The van der Waals surface area contributed by atoms with Gasteiger partial charge >= 0.3 is 0 Å². The minimum absolute atomic E-state index is 0.0940. The summed E-state index contributed by atoms with van der Waals surface area (Å²) in [6.07, 6.45) is 6.44. The molecule has 1 aromatic carbocycles. The number of aromatic nitrogens is 3. The highest BCUT2D eigenvalue weighted by Gasteiger charge is 2.19. The fourth-order valence-corrected chi connectivity index (χ4v) is 2.84. The van der Waals surface area contributed by atoms with Crippen molar-refractivity contribution in [1.82, 2.24) is 20.3 Å². The number of nitrogens with one attached hydrogen (secondary N) is 2. The van der Waals surface area contributed by atoms with Gasteiger partial charge in [0.2, 0.25) is 5.91 Å². The van der Waals surface area contributed by atoms with Crippen LogP contribution in [0.25, 0.3) is 0 Å². The Morgan fingerprint density at radius 1 is 1.39 bits per heavy atom. The highest BCUT2D eigenvalue weighted by atomic mass is 16.2. The van der Waals surface area contributed by atoms with E-state index in [0.29, 0.717) is 6.04 Å². The first-order valence-corrected chi connectivity index (χ1v) is 8.22. The van der Waals surface area contributed by atoms with E-state index in [4.69, 9.17) is 0 Å². The number of benzene rings is 1. The fourth-order valence-electron chi connectivity index (χ4n) is 2.84. The Hall–Kier alpha value is -2.21. The molecular formula is C17H23N5O. The molecule has 122 valence electrons. The fraction of sp³-hybridized carbons (Fsp3) is 0.471. The molecule has 1 aromatic heterocycles. The van der Waals surface area contributed by atoms with Crippen molar-refractivity contribution in [2.24, 2.45) is 0 Å². The molecule has 2 unspecified atom stereocenters. The van der Waals surface area contributed by atoms with Crippen molar-refractivity contribution in [2.45, 2.75) is 44.7 Å². The minimum atomic E-state index is -0.393. The maximum absolute atomic E-state index is 12.3. The topological polar surface area (TPSA) is 71.8 Å². The molecule has 2 heterocycles. The maximum Gasteiger partial charge on any atom is 0.249 e. The average Bonchev–Trinajstić information content (AvgIpc) is 3.04. The van der Waals surface area contributed by atoms with E-state index in [1.54, 1.807) is 4.68 Å². The third-order valence-electron chi connectivity index (χ3n) is 4.24. The first kappa shape index (κ1) is 15.7. The van der Waals surface area contributed by atoms with Crippen LogP contribution in [0.1, 0.15) is 37.9 Å². The molecule has 2 N–H and O–H groups in total. The molecular weight excluding hydrogens is 290 g/mol. The van der Waals surface area contributed by atoms with Crippen LogP contribution in [0.2, 0.25) is 0 Å². The Kier molecular flexibility index (Phi) is 5.02. The molecule has 6 nitrogen and oxygen atoms in total. The summed E-state index contributed by atoms with van der Waals surface area (Å²) >= 11 is 0. The van der Waals surface area contributed by atoms with E-state index in [-0.39, 0.29) is 5.91 Å². The summed E-state index contributed by atoms with van der Waals surface area (Å²) in [7, 11) is 0. The van der Waals surface area contributed by atoms with E-state index >= 15 is 0 Å². The number of anilines is 1. The van der Waals surface area contributed by atoms with Gasteiger partial charge < -0.3 is 10.6 Å². The highest BCUT2D eigenvalue weighted by Crippen LogP contribution is 2.14. The Balaban J connectivity index is 1.59. The van der Waals surface area contributed by atoms with Crippen molar-refractivity contribution < 1.29 is 4.79 Å². The van der Waals surface area contributed by atoms with Gasteiger partial charge in [-0.1, -0.05) is 29.8 Å². The van der Waals surface area contributed by atoms with Crippen LogP contribution in [0.5, 0.6) is 0 Å². The van der Waals surface area contributed by atoms with Crippen molar-refractivity contribution >= 4 is 11.6 Å². The zero-order valence-electron chi connectivity index (χ0n) is 13.4. The van der Waals surface area contributed by atoms with Gasteiger partial charge in [-0.3, -0.25) is 4.79 Å². The number of hydrogen-bond donors (Lipinski definition) is 2. The van der Waals surface area contributed by atoms with E-state index in [2.05, 4.69) is 20.9 Å². The predicted octanol–water partition coefficient (Wildman–Crippen LogP) is 2.16. The largest absolute Gasteiger partial charge is 0.324 e. The second kappa shape index (κ2) is 7.37. The summed E-state index contributed by atoms with van der Waals surface area (Å²) in [6.45, 7) is 2.91. The lowest BCUT2D eigenvalue weighted by Gasteiger charge is -2.22. The van der Waals surface area contributed by atoms with Crippen LogP contribution < -0.4 is 10.6 Å². The van der Waals surface area contributed by atoms with Crippen molar-refractivity contribution in [2.75, 3.05) is 11.9 Å². The van der Waals surface area contributed by atoms with E-state index in [1.807, 2.05) is 43.5 Å². The molecule has 2 atom stereocenters. The molecule has 1 aliphatic rings. The van der Waals surface area contributed by atoms with Crippen molar-refractivity contribution in [3.8, 4) is 0 Å². The Labute approximate surface area is 136 Å². The lowest BCUT2D eigenvalue weighted by Crippen LogP contribution is -2.35. The highest BCUT2D eigenvalue weighted by molar-refractivity contribution is 5.93. The lowest BCUT2D eigenvalue weighted by atomic mass is 10.0. The Bertz CT molecular complexity index is 633. The van der Waals surface area contributed by atoms with E-state index < -0.39 is 6.04 Å². The summed E-state index contributed by atoms with van der Waals surface area (Å²) in [5, 5.41) is 14.7. The molecule has 0 radical (unpaired) electrons. The van der Waals surface area contributed by atoms with Gasteiger partial charge in [0.1, 0.15) is 6.04 Å². The summed E-state index contributed by atoms with van der Waals surface area (Å²) in [5.74, 6) is -0.0940. The van der Waals surface area contributed by atoms with Crippen molar-refractivity contribution in [3.05, 3.63) is 42.2 Å². The number of rotatable bonds is 5. The third-order valence-corrected chi connectivity index (χ3v) is 4.24. The number of carbonyl (C=O) groups is 1.